The summed E-state index contributed by atoms with van der Waals surface area (Å²) in [7, 11) is 1.65. The van der Waals surface area contributed by atoms with E-state index in [2.05, 4.69) is 19.2 Å². The Morgan fingerprint density at radius 3 is 2.52 bits per heavy atom. The standard InChI is InChI=1S/C17H29NO3/c1-13(2)8-9-21-16-10-14(6-7-15(16)20-5)11-18-12-17(3,4)19/h6-7,10,13,18-19H,8-9,11-12H2,1-5H3. The zero-order valence-corrected chi connectivity index (χ0v) is 13.9. The van der Waals surface area contributed by atoms with Crippen LogP contribution in [0.15, 0.2) is 18.2 Å². The van der Waals surface area contributed by atoms with Crippen LogP contribution >= 0.6 is 0 Å². The van der Waals surface area contributed by atoms with Crippen molar-refractivity contribution in [2.45, 2.75) is 46.3 Å². The van der Waals surface area contributed by atoms with Crippen molar-refractivity contribution in [3.05, 3.63) is 23.8 Å². The average Bonchev–Trinajstić information content (AvgIpc) is 2.37. The summed E-state index contributed by atoms with van der Waals surface area (Å²) < 4.78 is 11.2. The van der Waals surface area contributed by atoms with E-state index >= 15 is 0 Å². The lowest BCUT2D eigenvalue weighted by Gasteiger charge is -2.18. The summed E-state index contributed by atoms with van der Waals surface area (Å²) >= 11 is 0. The van der Waals surface area contributed by atoms with Gasteiger partial charge in [-0.05, 0) is 43.9 Å². The molecule has 0 spiro atoms. The molecule has 1 rings (SSSR count). The first-order chi connectivity index (χ1) is 9.81. The zero-order chi connectivity index (χ0) is 15.9. The number of benzene rings is 1. The van der Waals surface area contributed by atoms with Crippen molar-refractivity contribution in [2.24, 2.45) is 5.92 Å². The third-order valence-corrected chi connectivity index (χ3v) is 3.07. The highest BCUT2D eigenvalue weighted by Gasteiger charge is 2.12. The molecule has 1 aromatic carbocycles. The lowest BCUT2D eigenvalue weighted by Crippen LogP contribution is -2.34. The molecule has 0 atom stereocenters. The fourth-order valence-corrected chi connectivity index (χ4v) is 1.86. The number of nitrogens with one attached hydrogen (secondary N) is 1. The molecule has 0 aromatic heterocycles. The van der Waals surface area contributed by atoms with Crippen LogP contribution in [0.5, 0.6) is 11.5 Å². The highest BCUT2D eigenvalue weighted by Crippen LogP contribution is 2.28. The molecule has 0 bridgehead atoms. The molecule has 2 N–H and O–H groups in total. The van der Waals surface area contributed by atoms with Gasteiger partial charge in [-0.3, -0.25) is 0 Å². The summed E-state index contributed by atoms with van der Waals surface area (Å²) in [6.45, 7) is 9.85. The molecule has 0 amide bonds. The predicted octanol–water partition coefficient (Wildman–Crippen LogP) is 2.98. The van der Waals surface area contributed by atoms with Gasteiger partial charge in [0.05, 0.1) is 19.3 Å². The molecule has 0 aliphatic carbocycles. The van der Waals surface area contributed by atoms with E-state index in [9.17, 15) is 5.11 Å². The highest BCUT2D eigenvalue weighted by atomic mass is 16.5. The fraction of sp³-hybridized carbons (Fsp3) is 0.647. The van der Waals surface area contributed by atoms with Crippen LogP contribution < -0.4 is 14.8 Å². The SMILES string of the molecule is COc1ccc(CNCC(C)(C)O)cc1OCCC(C)C. The average molecular weight is 295 g/mol. The van der Waals surface area contributed by atoms with Crippen LogP contribution in [-0.2, 0) is 6.54 Å². The Bertz CT molecular complexity index is 425. The first-order valence-electron chi connectivity index (χ1n) is 7.54. The Balaban J connectivity index is 2.61. The second-order valence-corrected chi connectivity index (χ2v) is 6.43. The van der Waals surface area contributed by atoms with E-state index in [1.165, 1.54) is 0 Å². The minimum absolute atomic E-state index is 0.544. The number of ether oxygens (including phenoxy) is 2. The smallest absolute Gasteiger partial charge is 0.161 e. The molecule has 1 aromatic rings. The number of aliphatic hydroxyl groups is 1. The topological polar surface area (TPSA) is 50.7 Å². The summed E-state index contributed by atoms with van der Waals surface area (Å²) in [5.41, 5.74) is 0.405. The molecule has 0 aliphatic heterocycles. The molecule has 0 saturated heterocycles. The van der Waals surface area contributed by atoms with E-state index in [-0.39, 0.29) is 0 Å². The summed E-state index contributed by atoms with van der Waals surface area (Å²) in [5, 5.41) is 12.9. The number of hydrogen-bond donors (Lipinski definition) is 2. The second-order valence-electron chi connectivity index (χ2n) is 6.43. The minimum atomic E-state index is -0.705. The molecule has 4 nitrogen and oxygen atoms in total. The van der Waals surface area contributed by atoms with Crippen molar-refractivity contribution in [3.8, 4) is 11.5 Å². The van der Waals surface area contributed by atoms with Gasteiger partial charge in [-0.1, -0.05) is 19.9 Å². The van der Waals surface area contributed by atoms with E-state index < -0.39 is 5.60 Å². The molecule has 0 unspecified atom stereocenters. The van der Waals surface area contributed by atoms with Crippen molar-refractivity contribution in [1.82, 2.24) is 5.32 Å². The third-order valence-electron chi connectivity index (χ3n) is 3.07. The van der Waals surface area contributed by atoms with Gasteiger partial charge in [0, 0.05) is 13.1 Å². The molecular weight excluding hydrogens is 266 g/mol. The molecule has 0 radical (unpaired) electrons. The van der Waals surface area contributed by atoms with Crippen molar-refractivity contribution >= 4 is 0 Å². The Kier molecular flexibility index (Phi) is 6.99. The zero-order valence-electron chi connectivity index (χ0n) is 13.9. The third kappa shape index (κ3) is 7.34. The van der Waals surface area contributed by atoms with Crippen LogP contribution in [0.25, 0.3) is 0 Å². The molecule has 0 heterocycles. The maximum absolute atomic E-state index is 9.69. The summed E-state index contributed by atoms with van der Waals surface area (Å²) in [4.78, 5) is 0. The van der Waals surface area contributed by atoms with Crippen molar-refractivity contribution in [3.63, 3.8) is 0 Å². The highest BCUT2D eigenvalue weighted by molar-refractivity contribution is 5.42. The van der Waals surface area contributed by atoms with Crippen LogP contribution in [-0.4, -0.2) is 31.0 Å². The quantitative estimate of drug-likeness (QED) is 0.735. The molecule has 120 valence electrons. The number of rotatable bonds is 9. The first-order valence-corrected chi connectivity index (χ1v) is 7.54. The molecule has 0 fully saturated rings. The van der Waals surface area contributed by atoms with E-state index in [4.69, 9.17) is 9.47 Å². The summed E-state index contributed by atoms with van der Waals surface area (Å²) in [6.07, 6.45) is 1.02. The number of hydrogen-bond acceptors (Lipinski definition) is 4. The van der Waals surface area contributed by atoms with Gasteiger partial charge in [0.15, 0.2) is 11.5 Å². The number of methoxy groups -OCH3 is 1. The Hall–Kier alpha value is -1.26. The summed E-state index contributed by atoms with van der Waals surface area (Å²) in [6, 6.07) is 5.92. The van der Waals surface area contributed by atoms with Crippen molar-refractivity contribution < 1.29 is 14.6 Å². The second kappa shape index (κ2) is 8.25. The maximum atomic E-state index is 9.69. The molecular formula is C17H29NO3. The minimum Gasteiger partial charge on any atom is -0.493 e. The van der Waals surface area contributed by atoms with Crippen LogP contribution in [0.3, 0.4) is 0 Å². The van der Waals surface area contributed by atoms with Crippen LogP contribution in [0, 0.1) is 5.92 Å². The molecule has 0 saturated carbocycles. The molecule has 0 aliphatic rings. The fourth-order valence-electron chi connectivity index (χ4n) is 1.86. The van der Waals surface area contributed by atoms with E-state index in [0.29, 0.717) is 25.6 Å². The van der Waals surface area contributed by atoms with Gasteiger partial charge in [-0.2, -0.15) is 0 Å². The van der Waals surface area contributed by atoms with E-state index in [0.717, 1.165) is 23.5 Å². The van der Waals surface area contributed by atoms with E-state index in [1.807, 2.05) is 18.2 Å². The lowest BCUT2D eigenvalue weighted by molar-refractivity contribution is 0.0795. The van der Waals surface area contributed by atoms with Gasteiger partial charge in [0.2, 0.25) is 0 Å². The van der Waals surface area contributed by atoms with Gasteiger partial charge in [-0.15, -0.1) is 0 Å². The normalized spacial score (nSPS) is 11.8. The van der Waals surface area contributed by atoms with Gasteiger partial charge in [0.1, 0.15) is 0 Å². The largest absolute Gasteiger partial charge is 0.493 e. The van der Waals surface area contributed by atoms with E-state index in [1.54, 1.807) is 21.0 Å². The first kappa shape index (κ1) is 17.8. The monoisotopic (exact) mass is 295 g/mol. The Morgan fingerprint density at radius 2 is 1.95 bits per heavy atom. The molecule has 21 heavy (non-hydrogen) atoms. The van der Waals surface area contributed by atoms with Crippen molar-refractivity contribution in [2.75, 3.05) is 20.3 Å². The predicted molar refractivity (Wildman–Crippen MR) is 85.9 cm³/mol. The van der Waals surface area contributed by atoms with Crippen LogP contribution in [0.1, 0.15) is 39.7 Å². The Labute approximate surface area is 128 Å². The Morgan fingerprint density at radius 1 is 1.24 bits per heavy atom. The van der Waals surface area contributed by atoms with Gasteiger partial charge >= 0.3 is 0 Å². The van der Waals surface area contributed by atoms with Gasteiger partial charge in [-0.25, -0.2) is 0 Å². The van der Waals surface area contributed by atoms with Crippen LogP contribution in [0.4, 0.5) is 0 Å². The van der Waals surface area contributed by atoms with Gasteiger partial charge in [0.25, 0.3) is 0 Å². The van der Waals surface area contributed by atoms with Crippen molar-refractivity contribution in [1.29, 1.82) is 0 Å². The summed E-state index contributed by atoms with van der Waals surface area (Å²) in [5.74, 6) is 2.15. The molecule has 4 heteroatoms. The maximum Gasteiger partial charge on any atom is 0.161 e. The van der Waals surface area contributed by atoms with Gasteiger partial charge < -0.3 is 19.9 Å². The lowest BCUT2D eigenvalue weighted by atomic mass is 10.1. The van der Waals surface area contributed by atoms with Crippen LogP contribution in [0.2, 0.25) is 0 Å².